The van der Waals surface area contributed by atoms with Crippen molar-refractivity contribution in [3.8, 4) is 16.9 Å². The summed E-state index contributed by atoms with van der Waals surface area (Å²) in [6, 6.07) is 22.4. The van der Waals surface area contributed by atoms with Gasteiger partial charge in [0.1, 0.15) is 15.8 Å². The molecule has 1 amide bonds. The molecule has 2 aliphatic rings. The van der Waals surface area contributed by atoms with Crippen molar-refractivity contribution >= 4 is 50.3 Å². The lowest BCUT2D eigenvalue weighted by Crippen LogP contribution is -2.37. The maximum atomic E-state index is 13.6. The van der Waals surface area contributed by atoms with Crippen LogP contribution in [0.3, 0.4) is 0 Å². The van der Waals surface area contributed by atoms with Crippen LogP contribution in [0.5, 0.6) is 0 Å². The second-order valence-electron chi connectivity index (χ2n) is 10.7. The van der Waals surface area contributed by atoms with Crippen molar-refractivity contribution in [3.05, 3.63) is 107 Å². The number of amides is 1. The number of thioether (sulfide) groups is 1. The van der Waals surface area contributed by atoms with Crippen molar-refractivity contribution in [2.75, 3.05) is 13.1 Å². The van der Waals surface area contributed by atoms with Crippen LogP contribution in [0.1, 0.15) is 30.9 Å². The summed E-state index contributed by atoms with van der Waals surface area (Å²) in [6.07, 6.45) is 5.25. The monoisotopic (exact) mass is 632 g/mol. The number of thiocarbonyl (C=S) groups is 1. The highest BCUT2D eigenvalue weighted by Crippen LogP contribution is 2.36. The molecule has 43 heavy (non-hydrogen) atoms. The van der Waals surface area contributed by atoms with E-state index in [1.165, 1.54) is 28.8 Å². The fourth-order valence-electron chi connectivity index (χ4n) is 5.16. The fraction of sp³-hybridized carbons (Fsp3) is 0.219. The van der Waals surface area contributed by atoms with Gasteiger partial charge in [0.15, 0.2) is 0 Å². The van der Waals surface area contributed by atoms with E-state index in [2.05, 4.69) is 6.92 Å². The van der Waals surface area contributed by atoms with Crippen molar-refractivity contribution in [1.29, 1.82) is 0 Å². The topological polar surface area (TPSA) is 75.5 Å². The zero-order chi connectivity index (χ0) is 30.1. The van der Waals surface area contributed by atoms with Crippen molar-refractivity contribution < 1.29 is 17.6 Å². The number of rotatable bonds is 7. The summed E-state index contributed by atoms with van der Waals surface area (Å²) in [6.45, 7) is 3.38. The Morgan fingerprint density at radius 3 is 2.47 bits per heavy atom. The van der Waals surface area contributed by atoms with Gasteiger partial charge in [-0.3, -0.25) is 9.69 Å². The summed E-state index contributed by atoms with van der Waals surface area (Å²) in [5.41, 5.74) is 3.38. The molecule has 0 aliphatic carbocycles. The van der Waals surface area contributed by atoms with E-state index in [0.29, 0.717) is 45.1 Å². The maximum absolute atomic E-state index is 13.6. The smallest absolute Gasteiger partial charge is 0.266 e. The van der Waals surface area contributed by atoms with Gasteiger partial charge < -0.3 is 0 Å². The zero-order valence-electron chi connectivity index (χ0n) is 23.4. The molecule has 1 aromatic heterocycles. The van der Waals surface area contributed by atoms with E-state index in [4.69, 9.17) is 17.3 Å². The van der Waals surface area contributed by atoms with Gasteiger partial charge in [-0.1, -0.05) is 73.4 Å². The standard InChI is InChI=1S/C32H29FN4O3S3/c1-22-14-16-35(17-15-22)43(39,40)28-9-5-6-24(18-28)30-25(21-37(34-30)27-7-3-2-4-8-27)19-29-31(38)36(32(41)42-29)20-23-10-12-26(33)13-11-23/h2-13,18-19,21-22H,14-17,20H2,1H3/b29-19-. The van der Waals surface area contributed by atoms with E-state index >= 15 is 0 Å². The molecule has 2 aliphatic heterocycles. The highest BCUT2D eigenvalue weighted by atomic mass is 32.2. The highest BCUT2D eigenvalue weighted by Gasteiger charge is 2.33. The Morgan fingerprint density at radius 1 is 1.02 bits per heavy atom. The lowest BCUT2D eigenvalue weighted by Gasteiger charge is -2.29. The molecular formula is C32H29FN4O3S3. The lowest BCUT2D eigenvalue weighted by molar-refractivity contribution is -0.122. The molecule has 0 N–H and O–H groups in total. The highest BCUT2D eigenvalue weighted by molar-refractivity contribution is 8.26. The third kappa shape index (κ3) is 6.21. The molecule has 0 spiro atoms. The number of para-hydroxylation sites is 1. The molecule has 3 aromatic carbocycles. The SMILES string of the molecule is CC1CCN(S(=O)(=O)c2cccc(-c3nn(-c4ccccc4)cc3/C=C3\SC(=S)N(Cc4ccc(F)cc4)C3=O)c2)CC1. The summed E-state index contributed by atoms with van der Waals surface area (Å²) >= 11 is 6.72. The number of carbonyl (C=O) groups is 1. The van der Waals surface area contributed by atoms with E-state index in [1.54, 1.807) is 45.4 Å². The summed E-state index contributed by atoms with van der Waals surface area (Å²) in [4.78, 5) is 15.6. The number of piperidine rings is 1. The van der Waals surface area contributed by atoms with Gasteiger partial charge in [-0.15, -0.1) is 0 Å². The van der Waals surface area contributed by atoms with Crippen LogP contribution in [0.2, 0.25) is 0 Å². The second-order valence-corrected chi connectivity index (χ2v) is 14.3. The first-order valence-electron chi connectivity index (χ1n) is 13.9. The molecule has 0 unspecified atom stereocenters. The lowest BCUT2D eigenvalue weighted by atomic mass is 10.0. The van der Waals surface area contributed by atoms with Gasteiger partial charge in [0.05, 0.1) is 22.0 Å². The minimum atomic E-state index is -3.67. The Balaban J connectivity index is 1.37. The first kappa shape index (κ1) is 29.4. The largest absolute Gasteiger partial charge is 0.288 e. The van der Waals surface area contributed by atoms with Crippen LogP contribution in [0, 0.1) is 11.7 Å². The van der Waals surface area contributed by atoms with E-state index in [1.807, 2.05) is 42.6 Å². The third-order valence-electron chi connectivity index (χ3n) is 7.67. The predicted octanol–water partition coefficient (Wildman–Crippen LogP) is 6.50. The molecule has 3 heterocycles. The number of hydrogen-bond donors (Lipinski definition) is 0. The van der Waals surface area contributed by atoms with Crippen LogP contribution >= 0.6 is 24.0 Å². The van der Waals surface area contributed by atoms with Gasteiger partial charge in [0.2, 0.25) is 10.0 Å². The second kappa shape index (κ2) is 12.2. The molecule has 0 radical (unpaired) electrons. The van der Waals surface area contributed by atoms with Crippen molar-refractivity contribution in [3.63, 3.8) is 0 Å². The summed E-state index contributed by atoms with van der Waals surface area (Å²) in [5, 5.41) is 4.84. The average molecular weight is 633 g/mol. The number of halogens is 1. The normalized spacial score (nSPS) is 17.7. The Bertz CT molecular complexity index is 1810. The number of aromatic nitrogens is 2. The maximum Gasteiger partial charge on any atom is 0.266 e. The molecule has 4 aromatic rings. The zero-order valence-corrected chi connectivity index (χ0v) is 25.8. The first-order valence-corrected chi connectivity index (χ1v) is 16.6. The summed E-state index contributed by atoms with van der Waals surface area (Å²) in [5.74, 6) is -0.0984. The van der Waals surface area contributed by atoms with Crippen LogP contribution in [0.15, 0.2) is 94.9 Å². The van der Waals surface area contributed by atoms with Crippen molar-refractivity contribution in [2.24, 2.45) is 5.92 Å². The van der Waals surface area contributed by atoms with E-state index in [0.717, 1.165) is 24.1 Å². The molecule has 0 bridgehead atoms. The van der Waals surface area contributed by atoms with E-state index < -0.39 is 10.0 Å². The summed E-state index contributed by atoms with van der Waals surface area (Å²) in [7, 11) is -3.67. The third-order valence-corrected chi connectivity index (χ3v) is 10.9. The summed E-state index contributed by atoms with van der Waals surface area (Å²) < 4.78 is 44.2. The Labute approximate surface area is 260 Å². The van der Waals surface area contributed by atoms with Crippen molar-refractivity contribution in [2.45, 2.75) is 31.2 Å². The molecule has 2 fully saturated rings. The Hall–Kier alpha value is -3.64. The van der Waals surface area contributed by atoms with Crippen LogP contribution in [0.4, 0.5) is 4.39 Å². The van der Waals surface area contributed by atoms with E-state index in [9.17, 15) is 17.6 Å². The van der Waals surface area contributed by atoms with Crippen LogP contribution < -0.4 is 0 Å². The molecule has 0 atom stereocenters. The minimum absolute atomic E-state index is 0.213. The Morgan fingerprint density at radius 2 is 1.74 bits per heavy atom. The fourth-order valence-corrected chi connectivity index (χ4v) is 7.92. The number of carbonyl (C=O) groups excluding carboxylic acids is 1. The van der Waals surface area contributed by atoms with Crippen LogP contribution in [-0.4, -0.2) is 50.7 Å². The molecule has 2 saturated heterocycles. The first-order chi connectivity index (χ1) is 20.7. The predicted molar refractivity (Wildman–Crippen MR) is 171 cm³/mol. The Kier molecular flexibility index (Phi) is 8.32. The molecule has 0 saturated carbocycles. The molecule has 6 rings (SSSR count). The van der Waals surface area contributed by atoms with Gasteiger partial charge in [0.25, 0.3) is 5.91 Å². The number of sulfonamides is 1. The number of hydrogen-bond acceptors (Lipinski definition) is 6. The minimum Gasteiger partial charge on any atom is -0.288 e. The van der Waals surface area contributed by atoms with Gasteiger partial charge in [-0.2, -0.15) is 9.40 Å². The van der Waals surface area contributed by atoms with Gasteiger partial charge in [-0.25, -0.2) is 17.5 Å². The van der Waals surface area contributed by atoms with Gasteiger partial charge >= 0.3 is 0 Å². The number of nitrogens with zero attached hydrogens (tertiary/aromatic N) is 4. The molecule has 7 nitrogen and oxygen atoms in total. The quantitative estimate of drug-likeness (QED) is 0.171. The van der Waals surface area contributed by atoms with Crippen LogP contribution in [0.25, 0.3) is 23.0 Å². The average Bonchev–Trinajstić information content (AvgIpc) is 3.55. The van der Waals surface area contributed by atoms with Gasteiger partial charge in [-0.05, 0) is 66.8 Å². The van der Waals surface area contributed by atoms with Crippen LogP contribution in [-0.2, 0) is 21.4 Å². The van der Waals surface area contributed by atoms with Crippen molar-refractivity contribution in [1.82, 2.24) is 19.0 Å². The molecule has 220 valence electrons. The van der Waals surface area contributed by atoms with E-state index in [-0.39, 0.29) is 23.2 Å². The van der Waals surface area contributed by atoms with Gasteiger partial charge in [0, 0.05) is 30.4 Å². The molecule has 11 heteroatoms. The number of benzene rings is 3. The molecular weight excluding hydrogens is 604 g/mol.